The van der Waals surface area contributed by atoms with Crippen LogP contribution in [-0.4, -0.2) is 35.2 Å². The molecule has 2 unspecified atom stereocenters. The van der Waals surface area contributed by atoms with Crippen molar-refractivity contribution in [2.75, 3.05) is 20.0 Å². The first-order valence-electron chi connectivity index (χ1n) is 8.12. The Bertz CT molecular complexity index is 944. The summed E-state index contributed by atoms with van der Waals surface area (Å²) >= 11 is 0. The van der Waals surface area contributed by atoms with Crippen LogP contribution in [0.25, 0.3) is 22.3 Å². The number of nitrogen functional groups attached to an aromatic ring is 1. The first kappa shape index (κ1) is 17.8. The number of anilines is 1. The van der Waals surface area contributed by atoms with Gasteiger partial charge in [-0.2, -0.15) is 0 Å². The van der Waals surface area contributed by atoms with Crippen molar-refractivity contribution in [3.8, 4) is 22.8 Å². The molecule has 0 amide bonds. The molecule has 1 aromatic carbocycles. The lowest BCUT2D eigenvalue weighted by atomic mass is 10.0. The summed E-state index contributed by atoms with van der Waals surface area (Å²) in [5.74, 6) is 1.41. The van der Waals surface area contributed by atoms with E-state index in [1.54, 1.807) is 14.2 Å². The Morgan fingerprint density at radius 2 is 1.65 bits per heavy atom. The van der Waals surface area contributed by atoms with Crippen LogP contribution in [0.5, 0.6) is 11.5 Å². The molecule has 0 spiro atoms. The molecule has 0 radical (unpaired) electrons. The molecule has 2 heterocycles. The van der Waals surface area contributed by atoms with E-state index in [-0.39, 0.29) is 12.0 Å². The average Bonchev–Trinajstić information content (AvgIpc) is 2.65. The summed E-state index contributed by atoms with van der Waals surface area (Å²) < 4.78 is 10.6. The highest BCUT2D eigenvalue weighted by Gasteiger charge is 2.19. The third-order valence-electron chi connectivity index (χ3n) is 4.15. The Kier molecular flexibility index (Phi) is 4.88. The van der Waals surface area contributed by atoms with Gasteiger partial charge in [-0.15, -0.1) is 0 Å². The summed E-state index contributed by atoms with van der Waals surface area (Å²) in [6.45, 7) is 1.81. The maximum Gasteiger partial charge on any atom is 0.220 e. The summed E-state index contributed by atoms with van der Waals surface area (Å²) in [7, 11) is 3.18. The Morgan fingerprint density at radius 3 is 2.31 bits per heavy atom. The lowest BCUT2D eigenvalue weighted by Crippen LogP contribution is -2.32. The van der Waals surface area contributed by atoms with Crippen LogP contribution in [0.15, 0.2) is 30.3 Å². The van der Waals surface area contributed by atoms with Crippen molar-refractivity contribution >= 4 is 17.0 Å². The number of ether oxygens (including phenoxy) is 2. The standard InChI is InChI=1S/C18H22N6O2/c1-9(19)15(20)17-16-12(23-18(21)24-17)6-5-11(22-16)10-4-7-13(25-2)14(8-10)26-3/h4-9,15H,19-20H2,1-3H3,(H2,21,23,24). The monoisotopic (exact) mass is 354 g/mol. The topological polar surface area (TPSA) is 135 Å². The van der Waals surface area contributed by atoms with Gasteiger partial charge in [-0.1, -0.05) is 0 Å². The minimum Gasteiger partial charge on any atom is -0.493 e. The number of methoxy groups -OCH3 is 2. The normalized spacial score (nSPS) is 13.4. The second-order valence-electron chi connectivity index (χ2n) is 5.99. The highest BCUT2D eigenvalue weighted by Crippen LogP contribution is 2.32. The molecule has 0 aliphatic rings. The Balaban J connectivity index is 2.17. The summed E-state index contributed by atoms with van der Waals surface area (Å²) in [4.78, 5) is 13.2. The molecule has 26 heavy (non-hydrogen) atoms. The lowest BCUT2D eigenvalue weighted by Gasteiger charge is -2.17. The lowest BCUT2D eigenvalue weighted by molar-refractivity contribution is 0.355. The fraction of sp³-hybridized carbons (Fsp3) is 0.278. The zero-order chi connectivity index (χ0) is 18.8. The minimum absolute atomic E-state index is 0.143. The zero-order valence-corrected chi connectivity index (χ0v) is 14.9. The van der Waals surface area contributed by atoms with E-state index in [1.165, 1.54) is 0 Å². The number of rotatable bonds is 5. The zero-order valence-electron chi connectivity index (χ0n) is 14.9. The van der Waals surface area contributed by atoms with Crippen molar-refractivity contribution < 1.29 is 9.47 Å². The summed E-state index contributed by atoms with van der Waals surface area (Å²) in [6, 6.07) is 8.47. The maximum atomic E-state index is 6.20. The molecule has 3 aromatic rings. The van der Waals surface area contributed by atoms with E-state index in [1.807, 2.05) is 37.3 Å². The van der Waals surface area contributed by atoms with E-state index in [4.69, 9.17) is 31.7 Å². The maximum absolute atomic E-state index is 6.20. The molecule has 6 N–H and O–H groups in total. The van der Waals surface area contributed by atoms with Gasteiger partial charge < -0.3 is 26.7 Å². The number of hydrogen-bond donors (Lipinski definition) is 3. The van der Waals surface area contributed by atoms with Crippen LogP contribution in [0.2, 0.25) is 0 Å². The molecule has 0 fully saturated rings. The van der Waals surface area contributed by atoms with Gasteiger partial charge in [-0.05, 0) is 37.3 Å². The molecule has 2 atom stereocenters. The Labute approximate surface area is 151 Å². The summed E-state index contributed by atoms with van der Waals surface area (Å²) in [6.07, 6.45) is 0. The molecule has 3 rings (SSSR count). The second-order valence-corrected chi connectivity index (χ2v) is 5.99. The van der Waals surface area contributed by atoms with E-state index >= 15 is 0 Å². The van der Waals surface area contributed by atoms with Crippen molar-refractivity contribution in [1.29, 1.82) is 0 Å². The summed E-state index contributed by atoms with van der Waals surface area (Å²) in [5, 5.41) is 0. The summed E-state index contributed by atoms with van der Waals surface area (Å²) in [5.41, 5.74) is 21.3. The molecule has 0 saturated carbocycles. The van der Waals surface area contributed by atoms with Crippen molar-refractivity contribution in [1.82, 2.24) is 15.0 Å². The van der Waals surface area contributed by atoms with Gasteiger partial charge in [-0.3, -0.25) is 0 Å². The van der Waals surface area contributed by atoms with Crippen molar-refractivity contribution in [2.24, 2.45) is 11.5 Å². The number of nitrogens with zero attached hydrogens (tertiary/aromatic N) is 3. The largest absolute Gasteiger partial charge is 0.493 e. The third kappa shape index (κ3) is 3.24. The molecule has 8 heteroatoms. The third-order valence-corrected chi connectivity index (χ3v) is 4.15. The van der Waals surface area contributed by atoms with E-state index in [2.05, 4.69) is 9.97 Å². The number of aromatic nitrogens is 3. The number of nitrogens with two attached hydrogens (primary N) is 3. The average molecular weight is 354 g/mol. The van der Waals surface area contributed by atoms with Crippen molar-refractivity contribution in [2.45, 2.75) is 19.0 Å². The first-order chi connectivity index (χ1) is 12.4. The van der Waals surface area contributed by atoms with E-state index < -0.39 is 6.04 Å². The molecular weight excluding hydrogens is 332 g/mol. The number of pyridine rings is 1. The molecule has 2 aromatic heterocycles. The van der Waals surface area contributed by atoms with Crippen LogP contribution in [0.3, 0.4) is 0 Å². The van der Waals surface area contributed by atoms with Crippen LogP contribution in [0, 0.1) is 0 Å². The SMILES string of the molecule is COc1ccc(-c2ccc3nc(N)nc(C(N)C(C)N)c3n2)cc1OC. The minimum atomic E-state index is -0.504. The molecule has 8 nitrogen and oxygen atoms in total. The van der Waals surface area contributed by atoms with E-state index in [0.717, 1.165) is 11.3 Å². The van der Waals surface area contributed by atoms with Crippen LogP contribution in [0.4, 0.5) is 5.95 Å². The number of hydrogen-bond acceptors (Lipinski definition) is 8. The van der Waals surface area contributed by atoms with Gasteiger partial charge in [0.2, 0.25) is 5.95 Å². The molecule has 0 bridgehead atoms. The van der Waals surface area contributed by atoms with Gasteiger partial charge in [0.05, 0.1) is 37.2 Å². The highest BCUT2D eigenvalue weighted by atomic mass is 16.5. The van der Waals surface area contributed by atoms with Crippen LogP contribution < -0.4 is 26.7 Å². The predicted molar refractivity (Wildman–Crippen MR) is 101 cm³/mol. The van der Waals surface area contributed by atoms with Crippen molar-refractivity contribution in [3.63, 3.8) is 0 Å². The molecule has 0 aliphatic heterocycles. The van der Waals surface area contributed by atoms with E-state index in [0.29, 0.717) is 28.2 Å². The van der Waals surface area contributed by atoms with Gasteiger partial charge in [-0.25, -0.2) is 15.0 Å². The fourth-order valence-corrected chi connectivity index (χ4v) is 2.69. The quantitative estimate of drug-likeness (QED) is 0.629. The molecule has 0 saturated heterocycles. The Hall–Kier alpha value is -2.97. The molecular formula is C18H22N6O2. The van der Waals surface area contributed by atoms with Crippen LogP contribution in [-0.2, 0) is 0 Å². The Morgan fingerprint density at radius 1 is 0.923 bits per heavy atom. The fourth-order valence-electron chi connectivity index (χ4n) is 2.69. The van der Waals surface area contributed by atoms with Crippen LogP contribution >= 0.6 is 0 Å². The van der Waals surface area contributed by atoms with E-state index in [9.17, 15) is 0 Å². The number of benzene rings is 1. The van der Waals surface area contributed by atoms with Gasteiger partial charge in [0, 0.05) is 11.6 Å². The molecule has 136 valence electrons. The predicted octanol–water partition coefficient (Wildman–Crippen LogP) is 1.64. The van der Waals surface area contributed by atoms with Gasteiger partial charge in [0.15, 0.2) is 11.5 Å². The van der Waals surface area contributed by atoms with Crippen molar-refractivity contribution in [3.05, 3.63) is 36.0 Å². The van der Waals surface area contributed by atoms with Gasteiger partial charge >= 0.3 is 0 Å². The molecule has 0 aliphatic carbocycles. The van der Waals surface area contributed by atoms with Crippen LogP contribution in [0.1, 0.15) is 18.7 Å². The number of fused-ring (bicyclic) bond motifs is 1. The van der Waals surface area contributed by atoms with Gasteiger partial charge in [0.1, 0.15) is 5.52 Å². The smallest absolute Gasteiger partial charge is 0.220 e. The van der Waals surface area contributed by atoms with Gasteiger partial charge in [0.25, 0.3) is 0 Å². The first-order valence-corrected chi connectivity index (χ1v) is 8.12. The highest BCUT2D eigenvalue weighted by molar-refractivity contribution is 5.81. The second kappa shape index (κ2) is 7.11.